The molecule has 23 heavy (non-hydrogen) atoms. The van der Waals surface area contributed by atoms with E-state index >= 15 is 0 Å². The van der Waals surface area contributed by atoms with Crippen LogP contribution in [-0.4, -0.2) is 4.98 Å². The normalized spacial score (nSPS) is 10.8. The van der Waals surface area contributed by atoms with E-state index in [-0.39, 0.29) is 0 Å². The van der Waals surface area contributed by atoms with Crippen LogP contribution < -0.4 is 4.74 Å². The van der Waals surface area contributed by atoms with Crippen LogP contribution >= 0.6 is 0 Å². The van der Waals surface area contributed by atoms with Gasteiger partial charge in [0.25, 0.3) is 0 Å². The Morgan fingerprint density at radius 2 is 1.43 bits per heavy atom. The predicted molar refractivity (Wildman–Crippen MR) is 90.7 cm³/mol. The van der Waals surface area contributed by atoms with Gasteiger partial charge in [-0.05, 0) is 55.5 Å². The first kappa shape index (κ1) is 13.6. The van der Waals surface area contributed by atoms with Gasteiger partial charge >= 0.3 is 0 Å². The molecule has 1 aromatic heterocycles. The Bertz CT molecular complexity index is 904. The average molecular weight is 301 g/mol. The fourth-order valence-electron chi connectivity index (χ4n) is 2.40. The van der Waals surface area contributed by atoms with Gasteiger partial charge in [-0.25, -0.2) is 4.98 Å². The van der Waals surface area contributed by atoms with Gasteiger partial charge in [0.15, 0.2) is 5.58 Å². The molecule has 0 N–H and O–H groups in total. The van der Waals surface area contributed by atoms with E-state index in [1.54, 1.807) is 0 Å². The van der Waals surface area contributed by atoms with Crippen LogP contribution in [0.25, 0.3) is 22.6 Å². The molecule has 0 atom stereocenters. The first-order valence-corrected chi connectivity index (χ1v) is 7.48. The van der Waals surface area contributed by atoms with E-state index < -0.39 is 0 Å². The monoisotopic (exact) mass is 301 g/mol. The lowest BCUT2D eigenvalue weighted by Gasteiger charge is -2.06. The topological polar surface area (TPSA) is 35.3 Å². The molecular formula is C20H15NO2. The van der Waals surface area contributed by atoms with E-state index in [4.69, 9.17) is 9.15 Å². The van der Waals surface area contributed by atoms with E-state index in [9.17, 15) is 0 Å². The summed E-state index contributed by atoms with van der Waals surface area (Å²) < 4.78 is 11.6. The van der Waals surface area contributed by atoms with Gasteiger partial charge in [0.2, 0.25) is 5.89 Å². The summed E-state index contributed by atoms with van der Waals surface area (Å²) in [5.41, 5.74) is 3.80. The third kappa shape index (κ3) is 2.81. The van der Waals surface area contributed by atoms with Gasteiger partial charge in [-0.15, -0.1) is 0 Å². The second kappa shape index (κ2) is 5.61. The number of rotatable bonds is 3. The Kier molecular flexibility index (Phi) is 3.31. The maximum Gasteiger partial charge on any atom is 0.227 e. The van der Waals surface area contributed by atoms with Crippen LogP contribution in [0.1, 0.15) is 5.56 Å². The SMILES string of the molecule is Cc1ccc(Oc2ccc(-c3nc4ccccc4o3)cc2)cc1. The van der Waals surface area contributed by atoms with Crippen molar-refractivity contribution in [2.24, 2.45) is 0 Å². The number of aryl methyl sites for hydroxylation is 1. The van der Waals surface area contributed by atoms with Gasteiger partial charge in [-0.3, -0.25) is 0 Å². The molecule has 0 fully saturated rings. The lowest BCUT2D eigenvalue weighted by Crippen LogP contribution is -1.84. The van der Waals surface area contributed by atoms with Gasteiger partial charge in [0.1, 0.15) is 17.0 Å². The van der Waals surface area contributed by atoms with E-state index in [1.165, 1.54) is 5.56 Å². The fraction of sp³-hybridized carbons (Fsp3) is 0.0500. The van der Waals surface area contributed by atoms with Crippen LogP contribution in [0.3, 0.4) is 0 Å². The maximum atomic E-state index is 5.83. The molecule has 0 saturated heterocycles. The quantitative estimate of drug-likeness (QED) is 0.494. The number of fused-ring (bicyclic) bond motifs is 1. The zero-order chi connectivity index (χ0) is 15.6. The van der Waals surface area contributed by atoms with Crippen molar-refractivity contribution in [3.8, 4) is 23.0 Å². The summed E-state index contributed by atoms with van der Waals surface area (Å²) >= 11 is 0. The summed E-state index contributed by atoms with van der Waals surface area (Å²) in [5, 5.41) is 0. The van der Waals surface area contributed by atoms with Gasteiger partial charge < -0.3 is 9.15 Å². The zero-order valence-corrected chi connectivity index (χ0v) is 12.7. The molecule has 4 aromatic rings. The van der Waals surface area contributed by atoms with E-state index in [0.29, 0.717) is 5.89 Å². The molecular weight excluding hydrogens is 286 g/mol. The molecule has 0 aliphatic rings. The molecule has 4 rings (SSSR count). The Hall–Kier alpha value is -3.07. The molecule has 3 heteroatoms. The van der Waals surface area contributed by atoms with Crippen molar-refractivity contribution in [3.63, 3.8) is 0 Å². The van der Waals surface area contributed by atoms with Crippen LogP contribution in [0.15, 0.2) is 77.2 Å². The summed E-state index contributed by atoms with van der Waals surface area (Å²) in [6.07, 6.45) is 0. The number of nitrogens with zero attached hydrogens (tertiary/aromatic N) is 1. The highest BCUT2D eigenvalue weighted by molar-refractivity contribution is 5.76. The number of hydrogen-bond acceptors (Lipinski definition) is 3. The molecule has 1 heterocycles. The molecule has 0 radical (unpaired) electrons. The van der Waals surface area contributed by atoms with Crippen molar-refractivity contribution in [3.05, 3.63) is 78.4 Å². The van der Waals surface area contributed by atoms with Gasteiger partial charge in [-0.1, -0.05) is 29.8 Å². The Morgan fingerprint density at radius 3 is 2.13 bits per heavy atom. The number of aromatic nitrogens is 1. The van der Waals surface area contributed by atoms with Crippen molar-refractivity contribution in [1.29, 1.82) is 0 Å². The van der Waals surface area contributed by atoms with Gasteiger partial charge in [0.05, 0.1) is 0 Å². The minimum Gasteiger partial charge on any atom is -0.457 e. The largest absolute Gasteiger partial charge is 0.457 e. The highest BCUT2D eigenvalue weighted by atomic mass is 16.5. The third-order valence-corrected chi connectivity index (χ3v) is 3.65. The minimum absolute atomic E-state index is 0.619. The molecule has 0 bridgehead atoms. The Balaban J connectivity index is 1.58. The smallest absolute Gasteiger partial charge is 0.227 e. The highest BCUT2D eigenvalue weighted by Crippen LogP contribution is 2.27. The molecule has 3 nitrogen and oxygen atoms in total. The first-order chi connectivity index (χ1) is 11.3. The minimum atomic E-state index is 0.619. The summed E-state index contributed by atoms with van der Waals surface area (Å²) in [6, 6.07) is 23.5. The van der Waals surface area contributed by atoms with Crippen molar-refractivity contribution in [1.82, 2.24) is 4.98 Å². The Labute approximate surface area is 134 Å². The van der Waals surface area contributed by atoms with E-state index in [1.807, 2.05) is 72.8 Å². The number of hydrogen-bond donors (Lipinski definition) is 0. The maximum absolute atomic E-state index is 5.83. The van der Waals surface area contributed by atoms with Gasteiger partial charge in [-0.2, -0.15) is 0 Å². The molecule has 0 amide bonds. The highest BCUT2D eigenvalue weighted by Gasteiger charge is 2.07. The Morgan fingerprint density at radius 1 is 0.783 bits per heavy atom. The van der Waals surface area contributed by atoms with Crippen molar-refractivity contribution >= 4 is 11.1 Å². The average Bonchev–Trinajstić information content (AvgIpc) is 3.02. The fourth-order valence-corrected chi connectivity index (χ4v) is 2.40. The summed E-state index contributed by atoms with van der Waals surface area (Å²) in [7, 11) is 0. The van der Waals surface area contributed by atoms with E-state index in [0.717, 1.165) is 28.2 Å². The van der Waals surface area contributed by atoms with Crippen LogP contribution in [0, 0.1) is 6.92 Å². The van der Waals surface area contributed by atoms with E-state index in [2.05, 4.69) is 11.9 Å². The molecule has 0 aliphatic carbocycles. The third-order valence-electron chi connectivity index (χ3n) is 3.65. The van der Waals surface area contributed by atoms with Crippen molar-refractivity contribution in [2.45, 2.75) is 6.92 Å². The molecule has 3 aromatic carbocycles. The lowest BCUT2D eigenvalue weighted by molar-refractivity contribution is 0.482. The predicted octanol–water partition coefficient (Wildman–Crippen LogP) is 5.60. The number of para-hydroxylation sites is 2. The number of benzene rings is 3. The summed E-state index contributed by atoms with van der Waals surface area (Å²) in [5.74, 6) is 2.23. The molecule has 0 unspecified atom stereocenters. The summed E-state index contributed by atoms with van der Waals surface area (Å²) in [6.45, 7) is 2.05. The van der Waals surface area contributed by atoms with Crippen LogP contribution in [0.5, 0.6) is 11.5 Å². The number of oxazole rings is 1. The zero-order valence-electron chi connectivity index (χ0n) is 12.7. The van der Waals surface area contributed by atoms with Crippen molar-refractivity contribution in [2.75, 3.05) is 0 Å². The summed E-state index contributed by atoms with van der Waals surface area (Å²) in [4.78, 5) is 4.50. The lowest BCUT2D eigenvalue weighted by atomic mass is 10.2. The standard InChI is InChI=1S/C20H15NO2/c1-14-6-10-16(11-7-14)22-17-12-8-15(9-13-17)20-21-18-4-2-3-5-19(18)23-20/h2-13H,1H3. The second-order valence-electron chi connectivity index (χ2n) is 5.43. The molecule has 112 valence electrons. The van der Waals surface area contributed by atoms with Crippen molar-refractivity contribution < 1.29 is 9.15 Å². The first-order valence-electron chi connectivity index (χ1n) is 7.48. The molecule has 0 spiro atoms. The van der Waals surface area contributed by atoms with Crippen LogP contribution in [-0.2, 0) is 0 Å². The van der Waals surface area contributed by atoms with Gasteiger partial charge in [0, 0.05) is 5.56 Å². The second-order valence-corrected chi connectivity index (χ2v) is 5.43. The molecule has 0 saturated carbocycles. The van der Waals surface area contributed by atoms with Crippen LogP contribution in [0.2, 0.25) is 0 Å². The van der Waals surface area contributed by atoms with Crippen LogP contribution in [0.4, 0.5) is 0 Å². The number of ether oxygens (including phenoxy) is 1. The molecule has 0 aliphatic heterocycles.